The van der Waals surface area contributed by atoms with Crippen molar-refractivity contribution in [3.63, 3.8) is 0 Å². The van der Waals surface area contributed by atoms with Crippen LogP contribution in [0.4, 0.5) is 0 Å². The minimum absolute atomic E-state index is 0.00528. The zero-order chi connectivity index (χ0) is 10.6. The van der Waals surface area contributed by atoms with Crippen LogP contribution >= 0.6 is 0 Å². The van der Waals surface area contributed by atoms with Crippen molar-refractivity contribution < 1.29 is 9.47 Å². The highest BCUT2D eigenvalue weighted by molar-refractivity contribution is 5.60. The summed E-state index contributed by atoms with van der Waals surface area (Å²) < 4.78 is 11.5. The second kappa shape index (κ2) is 2.64. The molecular formula is C13H14O2. The van der Waals surface area contributed by atoms with Gasteiger partial charge in [0, 0.05) is 13.8 Å². The molecular weight excluding hydrogens is 188 g/mol. The fourth-order valence-corrected chi connectivity index (χ4v) is 2.24. The monoisotopic (exact) mass is 202 g/mol. The molecule has 0 radical (unpaired) electrons. The molecule has 1 unspecified atom stereocenters. The summed E-state index contributed by atoms with van der Waals surface area (Å²) in [5.41, 5.74) is 3.77. The van der Waals surface area contributed by atoms with Crippen LogP contribution in [0.15, 0.2) is 46.8 Å². The molecule has 1 saturated heterocycles. The summed E-state index contributed by atoms with van der Waals surface area (Å²) in [7, 11) is 0. The summed E-state index contributed by atoms with van der Waals surface area (Å²) in [6, 6.07) is 0. The molecule has 0 aromatic carbocycles. The van der Waals surface area contributed by atoms with Crippen molar-refractivity contribution in [3.8, 4) is 0 Å². The van der Waals surface area contributed by atoms with E-state index in [1.165, 1.54) is 16.7 Å². The van der Waals surface area contributed by atoms with Gasteiger partial charge < -0.3 is 9.47 Å². The number of rotatable bonds is 0. The molecule has 1 aliphatic heterocycles. The quantitative estimate of drug-likeness (QED) is 0.601. The Morgan fingerprint density at radius 1 is 1.13 bits per heavy atom. The summed E-state index contributed by atoms with van der Waals surface area (Å²) in [6.07, 6.45) is 8.56. The fraction of sp³-hybridized carbons (Fsp3) is 0.385. The van der Waals surface area contributed by atoms with E-state index in [0.29, 0.717) is 0 Å². The summed E-state index contributed by atoms with van der Waals surface area (Å²) in [5.74, 6) is 0.434. The maximum absolute atomic E-state index is 5.77. The molecule has 2 nitrogen and oxygen atoms in total. The minimum Gasteiger partial charge on any atom is -0.464 e. The van der Waals surface area contributed by atoms with Crippen LogP contribution in [0.2, 0.25) is 0 Å². The van der Waals surface area contributed by atoms with Gasteiger partial charge in [-0.1, -0.05) is 12.2 Å². The van der Waals surface area contributed by atoms with E-state index < -0.39 is 5.79 Å². The summed E-state index contributed by atoms with van der Waals surface area (Å²) in [6.45, 7) is 5.98. The number of ether oxygens (including phenoxy) is 2. The van der Waals surface area contributed by atoms with Crippen molar-refractivity contribution in [2.75, 3.05) is 0 Å². The molecule has 0 N–H and O–H groups in total. The van der Waals surface area contributed by atoms with Gasteiger partial charge in [-0.3, -0.25) is 0 Å². The predicted octanol–water partition coefficient (Wildman–Crippen LogP) is 2.85. The van der Waals surface area contributed by atoms with Gasteiger partial charge in [0.25, 0.3) is 0 Å². The first kappa shape index (κ1) is 8.98. The number of hydrogen-bond acceptors (Lipinski definition) is 2. The van der Waals surface area contributed by atoms with E-state index in [-0.39, 0.29) is 6.10 Å². The first-order valence-corrected chi connectivity index (χ1v) is 5.24. The van der Waals surface area contributed by atoms with Crippen molar-refractivity contribution in [1.29, 1.82) is 0 Å². The van der Waals surface area contributed by atoms with Gasteiger partial charge in [-0.15, -0.1) is 0 Å². The molecule has 1 heterocycles. The largest absolute Gasteiger partial charge is 0.464 e. The molecule has 2 aliphatic carbocycles. The number of allylic oxidation sites excluding steroid dienone is 6. The van der Waals surface area contributed by atoms with Crippen LogP contribution in [-0.2, 0) is 9.47 Å². The van der Waals surface area contributed by atoms with Gasteiger partial charge in [0.15, 0.2) is 0 Å². The Bertz CT molecular complexity index is 447. The van der Waals surface area contributed by atoms with E-state index in [2.05, 4.69) is 31.2 Å². The van der Waals surface area contributed by atoms with Gasteiger partial charge in [-0.05, 0) is 35.8 Å². The van der Waals surface area contributed by atoms with E-state index in [1.54, 1.807) is 0 Å². The molecule has 0 aromatic heterocycles. The van der Waals surface area contributed by atoms with Crippen molar-refractivity contribution in [2.45, 2.75) is 32.7 Å². The standard InChI is InChI=1S/C13H14O2/c1-8-4-9-6-11-12(7-10(9)5-8)15-13(2,3)14-11/h4-7,11H,1-3H3. The highest BCUT2D eigenvalue weighted by Gasteiger charge is 2.38. The summed E-state index contributed by atoms with van der Waals surface area (Å²) >= 11 is 0. The topological polar surface area (TPSA) is 18.5 Å². The third-order valence-electron chi connectivity index (χ3n) is 2.78. The molecule has 1 fully saturated rings. The summed E-state index contributed by atoms with van der Waals surface area (Å²) in [4.78, 5) is 0. The molecule has 78 valence electrons. The van der Waals surface area contributed by atoms with Crippen molar-refractivity contribution in [1.82, 2.24) is 0 Å². The Morgan fingerprint density at radius 2 is 1.93 bits per heavy atom. The fourth-order valence-electron chi connectivity index (χ4n) is 2.24. The van der Waals surface area contributed by atoms with E-state index >= 15 is 0 Å². The lowest BCUT2D eigenvalue weighted by Gasteiger charge is -2.15. The Labute approximate surface area is 89.6 Å². The van der Waals surface area contributed by atoms with Crippen LogP contribution < -0.4 is 0 Å². The molecule has 1 atom stereocenters. The van der Waals surface area contributed by atoms with Gasteiger partial charge in [-0.25, -0.2) is 0 Å². The van der Waals surface area contributed by atoms with Gasteiger partial charge in [0.05, 0.1) is 0 Å². The zero-order valence-corrected chi connectivity index (χ0v) is 9.20. The number of fused-ring (bicyclic) bond motifs is 2. The lowest BCUT2D eigenvalue weighted by atomic mass is 10.0. The summed E-state index contributed by atoms with van der Waals surface area (Å²) in [5, 5.41) is 0. The molecule has 0 aromatic rings. The third-order valence-corrected chi connectivity index (χ3v) is 2.78. The second-order valence-electron chi connectivity index (χ2n) is 4.70. The molecule has 15 heavy (non-hydrogen) atoms. The lowest BCUT2D eigenvalue weighted by Crippen LogP contribution is -2.20. The third kappa shape index (κ3) is 1.37. The van der Waals surface area contributed by atoms with Crippen molar-refractivity contribution in [2.24, 2.45) is 0 Å². The van der Waals surface area contributed by atoms with Crippen LogP contribution in [0.3, 0.4) is 0 Å². The maximum Gasteiger partial charge on any atom is 0.205 e. The number of hydrogen-bond donors (Lipinski definition) is 0. The molecule has 2 heteroatoms. The van der Waals surface area contributed by atoms with Crippen LogP contribution in [0, 0.1) is 0 Å². The minimum atomic E-state index is -0.495. The van der Waals surface area contributed by atoms with Crippen LogP contribution in [0.1, 0.15) is 20.8 Å². The Kier molecular flexibility index (Phi) is 1.58. The van der Waals surface area contributed by atoms with Crippen LogP contribution in [-0.4, -0.2) is 11.9 Å². The molecule has 0 saturated carbocycles. The maximum atomic E-state index is 5.77. The normalized spacial score (nSPS) is 30.7. The molecule has 0 amide bonds. The highest BCUT2D eigenvalue weighted by atomic mass is 16.7. The first-order chi connectivity index (χ1) is 7.03. The van der Waals surface area contributed by atoms with Gasteiger partial charge in [-0.2, -0.15) is 0 Å². The van der Waals surface area contributed by atoms with Gasteiger partial charge in [0.2, 0.25) is 5.79 Å². The first-order valence-electron chi connectivity index (χ1n) is 5.24. The predicted molar refractivity (Wildman–Crippen MR) is 58.0 cm³/mol. The van der Waals surface area contributed by atoms with Crippen molar-refractivity contribution in [3.05, 3.63) is 46.8 Å². The van der Waals surface area contributed by atoms with Crippen LogP contribution in [0.5, 0.6) is 0 Å². The van der Waals surface area contributed by atoms with E-state index in [1.807, 2.05) is 13.8 Å². The zero-order valence-electron chi connectivity index (χ0n) is 9.20. The lowest BCUT2D eigenvalue weighted by molar-refractivity contribution is -0.126. The molecule has 3 aliphatic rings. The Hall–Kier alpha value is -1.28. The van der Waals surface area contributed by atoms with Gasteiger partial charge in [0.1, 0.15) is 11.9 Å². The van der Waals surface area contributed by atoms with Gasteiger partial charge >= 0.3 is 0 Å². The van der Waals surface area contributed by atoms with E-state index in [0.717, 1.165) is 5.76 Å². The molecule has 0 bridgehead atoms. The van der Waals surface area contributed by atoms with E-state index in [9.17, 15) is 0 Å². The Balaban J connectivity index is 2.01. The Morgan fingerprint density at radius 3 is 2.73 bits per heavy atom. The highest BCUT2D eigenvalue weighted by Crippen LogP contribution is 2.39. The second-order valence-corrected chi connectivity index (χ2v) is 4.70. The average Bonchev–Trinajstić information content (AvgIpc) is 2.55. The average molecular weight is 202 g/mol. The van der Waals surface area contributed by atoms with Crippen LogP contribution in [0.25, 0.3) is 0 Å². The van der Waals surface area contributed by atoms with E-state index in [4.69, 9.17) is 9.47 Å². The SMILES string of the molecule is CC1=CC2=CC3OC(C)(C)OC3=CC2=C1. The molecule has 3 rings (SSSR count). The molecule has 0 spiro atoms. The van der Waals surface area contributed by atoms with Crippen molar-refractivity contribution >= 4 is 0 Å². The smallest absolute Gasteiger partial charge is 0.205 e.